The van der Waals surface area contributed by atoms with Crippen LogP contribution in [0.25, 0.3) is 0 Å². The maximum absolute atomic E-state index is 13.3. The second-order valence-corrected chi connectivity index (χ2v) is 7.84. The van der Waals surface area contributed by atoms with E-state index >= 15 is 0 Å². The van der Waals surface area contributed by atoms with Gasteiger partial charge in [0, 0.05) is 30.9 Å². The number of nitrogens with one attached hydrogen (secondary N) is 2. The third-order valence-corrected chi connectivity index (χ3v) is 5.57. The van der Waals surface area contributed by atoms with Crippen molar-refractivity contribution in [1.29, 1.82) is 0 Å². The van der Waals surface area contributed by atoms with Crippen LogP contribution in [0.3, 0.4) is 0 Å². The van der Waals surface area contributed by atoms with E-state index in [0.717, 1.165) is 25.1 Å². The van der Waals surface area contributed by atoms with E-state index in [-0.39, 0.29) is 24.0 Å². The molecule has 0 aromatic heterocycles. The summed E-state index contributed by atoms with van der Waals surface area (Å²) in [5, 5.41) is 3.21. The highest BCUT2D eigenvalue weighted by atomic mass is 35.5. The van der Waals surface area contributed by atoms with E-state index in [4.69, 9.17) is 0 Å². The van der Waals surface area contributed by atoms with Gasteiger partial charge in [0.05, 0.1) is 4.90 Å². The first-order valence-electron chi connectivity index (χ1n) is 8.45. The molecule has 2 aromatic carbocycles. The summed E-state index contributed by atoms with van der Waals surface area (Å²) in [7, 11) is -4.12. The summed E-state index contributed by atoms with van der Waals surface area (Å²) in [5.41, 5.74) is 0.515. The van der Waals surface area contributed by atoms with E-state index in [2.05, 4.69) is 10.0 Å². The van der Waals surface area contributed by atoms with E-state index < -0.39 is 26.6 Å². The lowest BCUT2D eigenvalue weighted by Crippen LogP contribution is -2.34. The molecule has 1 fully saturated rings. The summed E-state index contributed by atoms with van der Waals surface area (Å²) in [4.78, 5) is 14.0. The summed E-state index contributed by atoms with van der Waals surface area (Å²) in [5.74, 6) is -2.57. The van der Waals surface area contributed by atoms with Gasteiger partial charge in [-0.25, -0.2) is 17.2 Å². The Hall–Kier alpha value is -2.23. The number of hydrogen-bond donors (Lipinski definition) is 2. The molecule has 2 aromatic rings. The highest BCUT2D eigenvalue weighted by molar-refractivity contribution is 7.92. The molecule has 1 aliphatic rings. The molecule has 1 amide bonds. The first-order chi connectivity index (χ1) is 12.9. The van der Waals surface area contributed by atoms with Crippen LogP contribution in [-0.2, 0) is 10.0 Å². The number of carbonyl (C=O) groups excluding carboxylic acids is 1. The molecule has 0 saturated carbocycles. The average molecular weight is 432 g/mol. The lowest BCUT2D eigenvalue weighted by atomic mass is 10.1. The van der Waals surface area contributed by atoms with E-state index in [0.29, 0.717) is 31.3 Å². The van der Waals surface area contributed by atoms with Crippen LogP contribution >= 0.6 is 12.4 Å². The number of sulfonamides is 1. The Morgan fingerprint density at radius 2 is 1.82 bits per heavy atom. The second kappa shape index (κ2) is 9.31. The molecule has 152 valence electrons. The Kier molecular flexibility index (Phi) is 7.34. The van der Waals surface area contributed by atoms with Crippen molar-refractivity contribution in [3.63, 3.8) is 0 Å². The Labute approximate surface area is 168 Å². The number of halogens is 3. The van der Waals surface area contributed by atoms with Gasteiger partial charge in [0.2, 0.25) is 0 Å². The van der Waals surface area contributed by atoms with E-state index in [1.54, 1.807) is 17.0 Å². The number of carbonyl (C=O) groups is 1. The molecule has 2 N–H and O–H groups in total. The summed E-state index contributed by atoms with van der Waals surface area (Å²) >= 11 is 0. The van der Waals surface area contributed by atoms with Gasteiger partial charge >= 0.3 is 0 Å². The molecule has 6 nitrogen and oxygen atoms in total. The zero-order chi connectivity index (χ0) is 19.4. The molecule has 3 rings (SSSR count). The summed E-state index contributed by atoms with van der Waals surface area (Å²) in [6.45, 7) is 2.74. The van der Waals surface area contributed by atoms with Gasteiger partial charge in [-0.3, -0.25) is 9.52 Å². The van der Waals surface area contributed by atoms with Gasteiger partial charge in [0.1, 0.15) is 0 Å². The maximum atomic E-state index is 13.3. The fourth-order valence-corrected chi connectivity index (χ4v) is 3.87. The van der Waals surface area contributed by atoms with Gasteiger partial charge in [-0.15, -0.1) is 12.4 Å². The Morgan fingerprint density at radius 1 is 1.04 bits per heavy atom. The largest absolute Gasteiger partial charge is 0.337 e. The standard InChI is InChI=1S/C18H19F2N3O3S.ClH/c19-16-6-5-15(12-17(16)20)27(25,26)22-14-4-1-3-13(11-14)18(24)23-9-2-7-21-8-10-23;/h1,3-6,11-12,21-22H,2,7-10H2;1H. The molecule has 0 atom stereocenters. The van der Waals surface area contributed by atoms with Crippen LogP contribution in [0.5, 0.6) is 0 Å². The van der Waals surface area contributed by atoms with Gasteiger partial charge in [-0.2, -0.15) is 0 Å². The van der Waals surface area contributed by atoms with Gasteiger partial charge < -0.3 is 10.2 Å². The molecular weight excluding hydrogens is 412 g/mol. The molecule has 0 radical (unpaired) electrons. The fraction of sp³-hybridized carbons (Fsp3) is 0.278. The van der Waals surface area contributed by atoms with Crippen LogP contribution in [0.4, 0.5) is 14.5 Å². The Balaban J connectivity index is 0.00000280. The molecule has 10 heteroatoms. The summed E-state index contributed by atoms with van der Waals surface area (Å²) < 4.78 is 53.4. The van der Waals surface area contributed by atoms with E-state index in [1.165, 1.54) is 12.1 Å². The topological polar surface area (TPSA) is 78.5 Å². The maximum Gasteiger partial charge on any atom is 0.261 e. The van der Waals surface area contributed by atoms with Gasteiger partial charge in [-0.1, -0.05) is 6.07 Å². The predicted octanol–water partition coefficient (Wildman–Crippen LogP) is 2.62. The van der Waals surface area contributed by atoms with Gasteiger partial charge in [-0.05, 0) is 49.4 Å². The van der Waals surface area contributed by atoms with Crippen molar-refractivity contribution in [1.82, 2.24) is 10.2 Å². The smallest absolute Gasteiger partial charge is 0.261 e. The van der Waals surface area contributed by atoms with E-state index in [9.17, 15) is 22.0 Å². The highest BCUT2D eigenvalue weighted by Gasteiger charge is 2.20. The minimum absolute atomic E-state index is 0. The monoisotopic (exact) mass is 431 g/mol. The summed E-state index contributed by atoms with van der Waals surface area (Å²) in [6, 6.07) is 8.41. The van der Waals surface area contributed by atoms with Crippen molar-refractivity contribution >= 4 is 34.0 Å². The fourth-order valence-electron chi connectivity index (χ4n) is 2.81. The first-order valence-corrected chi connectivity index (χ1v) is 9.93. The average Bonchev–Trinajstić information content (AvgIpc) is 2.92. The molecular formula is C18H20ClF2N3O3S. The van der Waals surface area contributed by atoms with Crippen molar-refractivity contribution < 1.29 is 22.0 Å². The quantitative estimate of drug-likeness (QED) is 0.780. The third kappa shape index (κ3) is 5.18. The highest BCUT2D eigenvalue weighted by Crippen LogP contribution is 2.20. The predicted molar refractivity (Wildman–Crippen MR) is 104 cm³/mol. The zero-order valence-electron chi connectivity index (χ0n) is 14.8. The molecule has 0 spiro atoms. The van der Waals surface area contributed by atoms with Crippen LogP contribution in [0, 0.1) is 11.6 Å². The summed E-state index contributed by atoms with van der Waals surface area (Å²) in [6.07, 6.45) is 0.841. The molecule has 0 aliphatic carbocycles. The number of rotatable bonds is 4. The van der Waals surface area contributed by atoms with Crippen LogP contribution in [0.1, 0.15) is 16.8 Å². The van der Waals surface area contributed by atoms with Crippen LogP contribution in [0.15, 0.2) is 47.4 Å². The molecule has 1 heterocycles. The number of amides is 1. The minimum atomic E-state index is -4.12. The number of benzene rings is 2. The Morgan fingerprint density at radius 3 is 2.57 bits per heavy atom. The van der Waals surface area contributed by atoms with Crippen molar-refractivity contribution in [3.8, 4) is 0 Å². The van der Waals surface area contributed by atoms with Crippen molar-refractivity contribution in [3.05, 3.63) is 59.7 Å². The molecule has 1 aliphatic heterocycles. The normalized spacial score (nSPS) is 14.7. The SMILES string of the molecule is Cl.O=C(c1cccc(NS(=O)(=O)c2ccc(F)c(F)c2)c1)N1CCCNCC1. The van der Waals surface area contributed by atoms with Crippen LogP contribution in [-0.4, -0.2) is 45.4 Å². The zero-order valence-corrected chi connectivity index (χ0v) is 16.5. The van der Waals surface area contributed by atoms with Gasteiger partial charge in [0.25, 0.3) is 15.9 Å². The lowest BCUT2D eigenvalue weighted by Gasteiger charge is -2.20. The molecule has 0 bridgehead atoms. The number of hydrogen-bond acceptors (Lipinski definition) is 4. The second-order valence-electron chi connectivity index (χ2n) is 6.16. The minimum Gasteiger partial charge on any atom is -0.337 e. The first kappa shape index (κ1) is 22.1. The lowest BCUT2D eigenvalue weighted by molar-refractivity contribution is 0.0766. The van der Waals surface area contributed by atoms with Crippen molar-refractivity contribution in [2.75, 3.05) is 30.9 Å². The van der Waals surface area contributed by atoms with Gasteiger partial charge in [0.15, 0.2) is 11.6 Å². The van der Waals surface area contributed by atoms with E-state index in [1.807, 2.05) is 0 Å². The Bertz CT molecular complexity index is 949. The van der Waals surface area contributed by atoms with Crippen LogP contribution < -0.4 is 10.0 Å². The van der Waals surface area contributed by atoms with Crippen molar-refractivity contribution in [2.45, 2.75) is 11.3 Å². The number of nitrogens with zero attached hydrogens (tertiary/aromatic N) is 1. The molecule has 28 heavy (non-hydrogen) atoms. The molecule has 0 unspecified atom stereocenters. The number of anilines is 1. The molecule has 1 saturated heterocycles. The third-order valence-electron chi connectivity index (χ3n) is 4.19. The van der Waals surface area contributed by atoms with Crippen molar-refractivity contribution in [2.24, 2.45) is 0 Å². The van der Waals surface area contributed by atoms with Crippen LogP contribution in [0.2, 0.25) is 0 Å².